The van der Waals surface area contributed by atoms with Crippen LogP contribution in [-0.4, -0.2) is 51.4 Å². The van der Waals surface area contributed by atoms with Crippen molar-refractivity contribution in [3.05, 3.63) is 76.1 Å². The standard InChI is InChI=1S/C23H20N6O2S/c30-23(29-11-10-24-16(13-29)12-15-6-2-1-3-7-15)17-14-32-20-19(17)26-21(27-22(20)28-31)18-8-4-5-9-25-18/h1-9,14,16,24H,10-13H2/t16-/m1/s1. The number of hydrogen-bond acceptors (Lipinski definition) is 8. The maximum absolute atomic E-state index is 13.4. The van der Waals surface area contributed by atoms with Gasteiger partial charge in [0.1, 0.15) is 15.9 Å². The van der Waals surface area contributed by atoms with Gasteiger partial charge in [-0.05, 0) is 29.3 Å². The Morgan fingerprint density at radius 1 is 1.16 bits per heavy atom. The minimum absolute atomic E-state index is 0.0296. The molecule has 5 rings (SSSR count). The third-order valence-corrected chi connectivity index (χ3v) is 6.44. The first kappa shape index (κ1) is 20.3. The van der Waals surface area contributed by atoms with Crippen LogP contribution in [0.2, 0.25) is 0 Å². The van der Waals surface area contributed by atoms with Crippen LogP contribution >= 0.6 is 11.3 Å². The molecule has 3 aromatic heterocycles. The van der Waals surface area contributed by atoms with Crippen LogP contribution in [0.25, 0.3) is 21.7 Å². The van der Waals surface area contributed by atoms with Crippen molar-refractivity contribution in [3.8, 4) is 11.5 Å². The predicted octanol–water partition coefficient (Wildman–Crippen LogP) is 3.81. The van der Waals surface area contributed by atoms with Crippen molar-refractivity contribution in [1.29, 1.82) is 0 Å². The zero-order valence-electron chi connectivity index (χ0n) is 17.1. The van der Waals surface area contributed by atoms with E-state index in [1.54, 1.807) is 23.7 Å². The van der Waals surface area contributed by atoms with Gasteiger partial charge in [0, 0.05) is 37.3 Å². The van der Waals surface area contributed by atoms with Crippen LogP contribution in [0.1, 0.15) is 15.9 Å². The summed E-state index contributed by atoms with van der Waals surface area (Å²) in [7, 11) is 0. The van der Waals surface area contributed by atoms with E-state index in [9.17, 15) is 9.70 Å². The fourth-order valence-electron chi connectivity index (χ4n) is 3.94. The molecule has 4 heterocycles. The molecular weight excluding hydrogens is 424 g/mol. The summed E-state index contributed by atoms with van der Waals surface area (Å²) in [4.78, 5) is 39.8. The van der Waals surface area contributed by atoms with E-state index >= 15 is 0 Å². The molecule has 1 atom stereocenters. The number of carbonyl (C=O) groups is 1. The highest BCUT2D eigenvalue weighted by Gasteiger charge is 2.27. The quantitative estimate of drug-likeness (QED) is 0.470. The molecule has 0 aliphatic carbocycles. The molecule has 9 heteroatoms. The molecule has 0 spiro atoms. The van der Waals surface area contributed by atoms with Gasteiger partial charge in [-0.2, -0.15) is 0 Å². The van der Waals surface area contributed by atoms with Crippen molar-refractivity contribution in [2.24, 2.45) is 5.18 Å². The maximum atomic E-state index is 13.4. The molecule has 1 aliphatic rings. The van der Waals surface area contributed by atoms with Gasteiger partial charge in [-0.3, -0.25) is 9.78 Å². The summed E-state index contributed by atoms with van der Waals surface area (Å²) < 4.78 is 0.513. The Kier molecular flexibility index (Phi) is 5.66. The van der Waals surface area contributed by atoms with Gasteiger partial charge < -0.3 is 10.2 Å². The molecule has 4 aromatic rings. The lowest BCUT2D eigenvalue weighted by atomic mass is 10.0. The number of rotatable bonds is 5. The van der Waals surface area contributed by atoms with E-state index in [0.29, 0.717) is 34.6 Å². The summed E-state index contributed by atoms with van der Waals surface area (Å²) in [5, 5.41) is 8.32. The Bertz CT molecular complexity index is 1260. The Morgan fingerprint density at radius 3 is 2.78 bits per heavy atom. The van der Waals surface area contributed by atoms with Gasteiger partial charge in [0.15, 0.2) is 5.82 Å². The second kappa shape index (κ2) is 8.89. The number of nitroso groups, excluding NO2 is 1. The van der Waals surface area contributed by atoms with Gasteiger partial charge >= 0.3 is 0 Å². The van der Waals surface area contributed by atoms with Crippen molar-refractivity contribution in [3.63, 3.8) is 0 Å². The van der Waals surface area contributed by atoms with Crippen molar-refractivity contribution in [2.75, 3.05) is 19.6 Å². The zero-order chi connectivity index (χ0) is 21.9. The average molecular weight is 445 g/mol. The number of amides is 1. The fourth-order valence-corrected chi connectivity index (χ4v) is 4.85. The van der Waals surface area contributed by atoms with Crippen molar-refractivity contribution in [1.82, 2.24) is 25.2 Å². The average Bonchev–Trinajstić information content (AvgIpc) is 3.28. The third kappa shape index (κ3) is 4.00. The summed E-state index contributed by atoms with van der Waals surface area (Å²) in [6.45, 7) is 1.93. The van der Waals surface area contributed by atoms with E-state index in [1.807, 2.05) is 29.2 Å². The summed E-state index contributed by atoms with van der Waals surface area (Å²) >= 11 is 1.26. The molecular formula is C23H20N6O2S. The second-order valence-electron chi connectivity index (χ2n) is 7.60. The van der Waals surface area contributed by atoms with Crippen LogP contribution in [0, 0.1) is 4.91 Å². The highest BCUT2D eigenvalue weighted by molar-refractivity contribution is 7.18. The lowest BCUT2D eigenvalue weighted by Crippen LogP contribution is -2.53. The Labute approximate surface area is 188 Å². The van der Waals surface area contributed by atoms with Crippen molar-refractivity contribution >= 4 is 33.3 Å². The number of nitrogens with zero attached hydrogens (tertiary/aromatic N) is 5. The minimum Gasteiger partial charge on any atom is -0.336 e. The molecule has 8 nitrogen and oxygen atoms in total. The second-order valence-corrected chi connectivity index (χ2v) is 8.48. The van der Waals surface area contributed by atoms with E-state index in [1.165, 1.54) is 16.9 Å². The van der Waals surface area contributed by atoms with E-state index in [4.69, 9.17) is 0 Å². The molecule has 1 aliphatic heterocycles. The molecule has 1 saturated heterocycles. The first-order chi connectivity index (χ1) is 15.7. The van der Waals surface area contributed by atoms with Crippen LogP contribution in [0.3, 0.4) is 0 Å². The number of carbonyl (C=O) groups excluding carboxylic acids is 1. The third-order valence-electron chi connectivity index (χ3n) is 5.48. The molecule has 0 unspecified atom stereocenters. The van der Waals surface area contributed by atoms with Gasteiger partial charge in [-0.1, -0.05) is 36.4 Å². The van der Waals surface area contributed by atoms with E-state index in [-0.39, 0.29) is 23.6 Å². The van der Waals surface area contributed by atoms with Crippen molar-refractivity contribution < 1.29 is 4.79 Å². The number of hydrogen-bond donors (Lipinski definition) is 1. The molecule has 1 N–H and O–H groups in total. The minimum atomic E-state index is -0.0988. The summed E-state index contributed by atoms with van der Waals surface area (Å²) in [5.41, 5.74) is 2.67. The number of benzene rings is 1. The Hall–Kier alpha value is -3.56. The maximum Gasteiger partial charge on any atom is 0.257 e. The van der Waals surface area contributed by atoms with Crippen LogP contribution in [0.5, 0.6) is 0 Å². The molecule has 1 aromatic carbocycles. The molecule has 1 amide bonds. The number of thiophene rings is 1. The number of aromatic nitrogens is 3. The smallest absolute Gasteiger partial charge is 0.257 e. The number of piperazine rings is 1. The summed E-state index contributed by atoms with van der Waals surface area (Å²) in [6.07, 6.45) is 2.48. The van der Waals surface area contributed by atoms with Gasteiger partial charge in [-0.25, -0.2) is 9.97 Å². The topological polar surface area (TPSA) is 100 Å². The van der Waals surface area contributed by atoms with E-state index < -0.39 is 0 Å². The first-order valence-corrected chi connectivity index (χ1v) is 11.2. The van der Waals surface area contributed by atoms with Crippen LogP contribution in [0.15, 0.2) is 65.3 Å². The lowest BCUT2D eigenvalue weighted by molar-refractivity contribution is 0.0705. The van der Waals surface area contributed by atoms with E-state index in [0.717, 1.165) is 13.0 Å². The van der Waals surface area contributed by atoms with Gasteiger partial charge in [0.2, 0.25) is 5.82 Å². The van der Waals surface area contributed by atoms with Crippen molar-refractivity contribution in [2.45, 2.75) is 12.5 Å². The highest BCUT2D eigenvalue weighted by Crippen LogP contribution is 2.34. The number of pyridine rings is 1. The number of nitrogens with one attached hydrogen (secondary N) is 1. The largest absolute Gasteiger partial charge is 0.336 e. The summed E-state index contributed by atoms with van der Waals surface area (Å²) in [6, 6.07) is 15.8. The van der Waals surface area contributed by atoms with Crippen LogP contribution in [-0.2, 0) is 6.42 Å². The molecule has 160 valence electrons. The molecule has 0 saturated carbocycles. The highest BCUT2D eigenvalue weighted by atomic mass is 32.1. The first-order valence-electron chi connectivity index (χ1n) is 10.3. The zero-order valence-corrected chi connectivity index (χ0v) is 18.0. The Morgan fingerprint density at radius 2 is 2.00 bits per heavy atom. The molecule has 1 fully saturated rings. The Balaban J connectivity index is 1.45. The molecule has 0 bridgehead atoms. The van der Waals surface area contributed by atoms with Gasteiger partial charge in [-0.15, -0.1) is 16.2 Å². The monoisotopic (exact) mass is 444 g/mol. The van der Waals surface area contributed by atoms with Gasteiger partial charge in [0.05, 0.1) is 5.56 Å². The lowest BCUT2D eigenvalue weighted by Gasteiger charge is -2.33. The summed E-state index contributed by atoms with van der Waals surface area (Å²) in [5.74, 6) is 0.211. The normalized spacial score (nSPS) is 16.2. The van der Waals surface area contributed by atoms with Crippen LogP contribution < -0.4 is 5.32 Å². The fraction of sp³-hybridized carbons (Fsp3) is 0.217. The van der Waals surface area contributed by atoms with Gasteiger partial charge in [0.25, 0.3) is 5.91 Å². The SMILES string of the molecule is O=Nc1nc(-c2ccccn2)nc2c(C(=O)N3CCN[C@H](Cc4ccccc4)C3)csc12. The number of fused-ring (bicyclic) bond motifs is 1. The van der Waals surface area contributed by atoms with Crippen LogP contribution in [0.4, 0.5) is 5.82 Å². The molecule has 32 heavy (non-hydrogen) atoms. The van der Waals surface area contributed by atoms with E-state index in [2.05, 4.69) is 37.6 Å². The predicted molar refractivity (Wildman–Crippen MR) is 124 cm³/mol. The molecule has 0 radical (unpaired) electrons.